The summed E-state index contributed by atoms with van der Waals surface area (Å²) >= 11 is 6.02. The van der Waals surface area contributed by atoms with Crippen LogP contribution in [0.5, 0.6) is 0 Å². The van der Waals surface area contributed by atoms with Gasteiger partial charge in [-0.15, -0.1) is 0 Å². The molecule has 1 fully saturated rings. The number of amides is 1. The number of carbonyl (C=O) groups excluding carboxylic acids is 1. The van der Waals surface area contributed by atoms with Crippen molar-refractivity contribution in [3.63, 3.8) is 0 Å². The summed E-state index contributed by atoms with van der Waals surface area (Å²) in [6.45, 7) is 0.664. The second kappa shape index (κ2) is 8.18. The molecule has 0 aromatic heterocycles. The molecule has 1 atom stereocenters. The number of carboxylic acids is 1. The van der Waals surface area contributed by atoms with Gasteiger partial charge in [-0.05, 0) is 37.5 Å². The van der Waals surface area contributed by atoms with Crippen molar-refractivity contribution in [3.8, 4) is 0 Å². The molecule has 1 saturated heterocycles. The van der Waals surface area contributed by atoms with Gasteiger partial charge in [0.05, 0.1) is 5.92 Å². The number of carboxylic acid groups (broad SMARTS) is 1. The van der Waals surface area contributed by atoms with Crippen molar-refractivity contribution in [2.24, 2.45) is 5.92 Å². The van der Waals surface area contributed by atoms with Gasteiger partial charge in [-0.2, -0.15) is 0 Å². The minimum Gasteiger partial charge on any atom is -0.481 e. The highest BCUT2D eigenvalue weighted by molar-refractivity contribution is 6.30. The van der Waals surface area contributed by atoms with E-state index in [0.29, 0.717) is 24.4 Å². The van der Waals surface area contributed by atoms with Crippen LogP contribution >= 0.6 is 11.6 Å². The minimum atomic E-state index is -0.790. The molecule has 1 amide bonds. The van der Waals surface area contributed by atoms with Gasteiger partial charge in [0.25, 0.3) is 0 Å². The van der Waals surface area contributed by atoms with E-state index in [4.69, 9.17) is 11.6 Å². The number of benzene rings is 1. The van der Waals surface area contributed by atoms with Gasteiger partial charge >= 0.3 is 5.97 Å². The quantitative estimate of drug-likeness (QED) is 0.890. The van der Waals surface area contributed by atoms with Gasteiger partial charge < -0.3 is 10.0 Å². The van der Waals surface area contributed by atoms with Crippen molar-refractivity contribution in [3.05, 3.63) is 29.3 Å². The molecule has 120 valence electrons. The Morgan fingerprint density at radius 3 is 2.68 bits per heavy atom. The standard InChI is InChI=1S/C17H22ClNO3/c18-14-7-5-8-15(12-14)19-11-4-2-1-3-6-13(17(21)22)9-10-16(19)20/h5,7-8,12-13H,1-4,6,9-11H2,(H,21,22)/t13-/m0/s1. The summed E-state index contributed by atoms with van der Waals surface area (Å²) in [5.41, 5.74) is 0.795. The Balaban J connectivity index is 2.14. The molecule has 0 radical (unpaired) electrons. The molecule has 4 nitrogen and oxygen atoms in total. The lowest BCUT2D eigenvalue weighted by Crippen LogP contribution is -2.32. The SMILES string of the molecule is O=C(O)[C@H]1CCCCCCN(c2cccc(Cl)c2)C(=O)CC1. The van der Waals surface area contributed by atoms with E-state index < -0.39 is 11.9 Å². The van der Waals surface area contributed by atoms with Crippen LogP contribution in [0.1, 0.15) is 44.9 Å². The average Bonchev–Trinajstić information content (AvgIpc) is 2.52. The highest BCUT2D eigenvalue weighted by atomic mass is 35.5. The fourth-order valence-electron chi connectivity index (χ4n) is 2.88. The number of hydrogen-bond acceptors (Lipinski definition) is 2. The molecule has 0 aliphatic carbocycles. The molecule has 1 N–H and O–H groups in total. The Morgan fingerprint density at radius 2 is 1.95 bits per heavy atom. The van der Waals surface area contributed by atoms with Crippen molar-refractivity contribution < 1.29 is 14.7 Å². The molecule has 1 aromatic rings. The fraction of sp³-hybridized carbons (Fsp3) is 0.529. The van der Waals surface area contributed by atoms with Crippen LogP contribution in [0.15, 0.2) is 24.3 Å². The van der Waals surface area contributed by atoms with Crippen molar-refractivity contribution in [2.45, 2.75) is 44.9 Å². The highest BCUT2D eigenvalue weighted by Crippen LogP contribution is 2.24. The van der Waals surface area contributed by atoms with Crippen LogP contribution in [0.4, 0.5) is 5.69 Å². The first-order valence-corrected chi connectivity index (χ1v) is 8.24. The molecule has 1 aliphatic heterocycles. The molecule has 0 spiro atoms. The number of aliphatic carboxylic acids is 1. The van der Waals surface area contributed by atoms with Gasteiger partial charge in [-0.3, -0.25) is 9.59 Å². The van der Waals surface area contributed by atoms with Crippen molar-refractivity contribution in [1.29, 1.82) is 0 Å². The van der Waals surface area contributed by atoms with E-state index in [2.05, 4.69) is 0 Å². The normalized spacial score (nSPS) is 21.2. The molecule has 0 saturated carbocycles. The van der Waals surface area contributed by atoms with Gasteiger partial charge in [-0.1, -0.05) is 36.9 Å². The van der Waals surface area contributed by atoms with Crippen LogP contribution in [-0.2, 0) is 9.59 Å². The summed E-state index contributed by atoms with van der Waals surface area (Å²) in [5, 5.41) is 9.85. The number of halogens is 1. The van der Waals surface area contributed by atoms with Crippen LogP contribution in [-0.4, -0.2) is 23.5 Å². The lowest BCUT2D eigenvalue weighted by molar-refractivity contribution is -0.142. The van der Waals surface area contributed by atoms with Crippen molar-refractivity contribution >= 4 is 29.2 Å². The van der Waals surface area contributed by atoms with Crippen LogP contribution < -0.4 is 4.90 Å². The average molecular weight is 324 g/mol. The van der Waals surface area contributed by atoms with Gasteiger partial charge in [0.2, 0.25) is 5.91 Å². The zero-order valence-electron chi connectivity index (χ0n) is 12.6. The highest BCUT2D eigenvalue weighted by Gasteiger charge is 2.22. The largest absolute Gasteiger partial charge is 0.481 e. The van der Waals surface area contributed by atoms with Crippen LogP contribution in [0.25, 0.3) is 0 Å². The first-order valence-electron chi connectivity index (χ1n) is 7.86. The Morgan fingerprint density at radius 1 is 1.18 bits per heavy atom. The van der Waals surface area contributed by atoms with E-state index in [0.717, 1.165) is 31.4 Å². The summed E-state index contributed by atoms with van der Waals surface area (Å²) in [7, 11) is 0. The Hall–Kier alpha value is -1.55. The first-order chi connectivity index (χ1) is 10.6. The monoisotopic (exact) mass is 323 g/mol. The number of nitrogens with zero attached hydrogens (tertiary/aromatic N) is 1. The third-order valence-electron chi connectivity index (χ3n) is 4.16. The number of anilines is 1. The van der Waals surface area contributed by atoms with E-state index >= 15 is 0 Å². The molecule has 0 bridgehead atoms. The number of hydrogen-bond donors (Lipinski definition) is 1. The van der Waals surface area contributed by atoms with E-state index in [9.17, 15) is 14.7 Å². The molecule has 22 heavy (non-hydrogen) atoms. The Kier molecular flexibility index (Phi) is 6.25. The third kappa shape index (κ3) is 4.73. The van der Waals surface area contributed by atoms with Gasteiger partial charge in [-0.25, -0.2) is 0 Å². The molecule has 1 aliphatic rings. The number of rotatable bonds is 2. The number of carbonyl (C=O) groups is 2. The third-order valence-corrected chi connectivity index (χ3v) is 4.40. The molecule has 1 heterocycles. The van der Waals surface area contributed by atoms with Crippen LogP contribution in [0.2, 0.25) is 5.02 Å². The van der Waals surface area contributed by atoms with E-state index in [-0.39, 0.29) is 12.3 Å². The van der Waals surface area contributed by atoms with E-state index in [1.807, 2.05) is 12.1 Å². The maximum absolute atomic E-state index is 12.5. The Labute approximate surface area is 136 Å². The molecular weight excluding hydrogens is 302 g/mol. The van der Waals surface area contributed by atoms with Crippen LogP contribution in [0.3, 0.4) is 0 Å². The first kappa shape index (κ1) is 16.8. The lowest BCUT2D eigenvalue weighted by atomic mass is 9.96. The van der Waals surface area contributed by atoms with Crippen molar-refractivity contribution in [1.82, 2.24) is 0 Å². The van der Waals surface area contributed by atoms with E-state index in [1.54, 1.807) is 17.0 Å². The second-order valence-corrected chi connectivity index (χ2v) is 6.24. The zero-order chi connectivity index (χ0) is 15.9. The molecule has 0 unspecified atom stereocenters. The van der Waals surface area contributed by atoms with Crippen LogP contribution in [0, 0.1) is 5.92 Å². The topological polar surface area (TPSA) is 57.6 Å². The maximum atomic E-state index is 12.5. The summed E-state index contributed by atoms with van der Waals surface area (Å²) in [5.74, 6) is -1.22. The summed E-state index contributed by atoms with van der Waals surface area (Å²) in [4.78, 5) is 25.5. The minimum absolute atomic E-state index is 0.0181. The smallest absolute Gasteiger partial charge is 0.306 e. The molecule has 2 rings (SSSR count). The fourth-order valence-corrected chi connectivity index (χ4v) is 3.06. The van der Waals surface area contributed by atoms with Crippen molar-refractivity contribution in [2.75, 3.05) is 11.4 Å². The summed E-state index contributed by atoms with van der Waals surface area (Å²) in [6, 6.07) is 7.27. The van der Waals surface area contributed by atoms with Gasteiger partial charge in [0, 0.05) is 23.7 Å². The summed E-state index contributed by atoms with van der Waals surface area (Å²) in [6.07, 6.45) is 5.21. The second-order valence-electron chi connectivity index (χ2n) is 5.80. The lowest BCUT2D eigenvalue weighted by Gasteiger charge is -2.23. The maximum Gasteiger partial charge on any atom is 0.306 e. The predicted octanol–water partition coefficient (Wildman–Crippen LogP) is 4.12. The summed E-state index contributed by atoms with van der Waals surface area (Å²) < 4.78 is 0. The molecule has 5 heteroatoms. The molecular formula is C17H22ClNO3. The zero-order valence-corrected chi connectivity index (χ0v) is 13.4. The molecule has 1 aromatic carbocycles. The van der Waals surface area contributed by atoms with E-state index in [1.165, 1.54) is 0 Å². The van der Waals surface area contributed by atoms with Gasteiger partial charge in [0.1, 0.15) is 0 Å². The predicted molar refractivity (Wildman–Crippen MR) is 87.2 cm³/mol. The Bertz CT molecular complexity index is 532. The van der Waals surface area contributed by atoms with Gasteiger partial charge in [0.15, 0.2) is 0 Å².